The average molecular weight is 288 g/mol. The zero-order valence-electron chi connectivity index (χ0n) is 12.0. The minimum atomic E-state index is -0.413. The van der Waals surface area contributed by atoms with Gasteiger partial charge in [0.1, 0.15) is 12.0 Å². The van der Waals surface area contributed by atoms with Gasteiger partial charge in [0.25, 0.3) is 5.91 Å². The van der Waals surface area contributed by atoms with Gasteiger partial charge in [-0.15, -0.1) is 0 Å². The third-order valence-corrected chi connectivity index (χ3v) is 4.71. The van der Waals surface area contributed by atoms with Gasteiger partial charge in [-0.25, -0.2) is 9.97 Å². The number of aromatic nitrogens is 2. The summed E-state index contributed by atoms with van der Waals surface area (Å²) in [7, 11) is 0. The second-order valence-corrected chi connectivity index (χ2v) is 6.18. The maximum absolute atomic E-state index is 12.3. The molecule has 2 fully saturated rings. The predicted octanol–water partition coefficient (Wildman–Crippen LogP) is 0.984. The Morgan fingerprint density at radius 1 is 1.33 bits per heavy atom. The van der Waals surface area contributed by atoms with Crippen LogP contribution < -0.4 is 5.73 Å². The highest BCUT2D eigenvalue weighted by Crippen LogP contribution is 2.45. The maximum Gasteiger partial charge on any atom is 0.272 e. The predicted molar refractivity (Wildman–Crippen MR) is 76.1 cm³/mol. The van der Waals surface area contributed by atoms with E-state index in [0.29, 0.717) is 37.5 Å². The summed E-state index contributed by atoms with van der Waals surface area (Å²) in [5, 5.41) is 0. The average Bonchev–Trinajstić information content (AvgIpc) is 3.32. The molecule has 6 nitrogen and oxygen atoms in total. The van der Waals surface area contributed by atoms with E-state index in [1.54, 1.807) is 17.2 Å². The number of rotatable bonds is 4. The second kappa shape index (κ2) is 5.42. The molecule has 0 atom stereocenters. The molecule has 0 bridgehead atoms. The van der Waals surface area contributed by atoms with Crippen molar-refractivity contribution in [1.29, 1.82) is 0 Å². The maximum atomic E-state index is 12.3. The Bertz CT molecular complexity index is 534. The lowest BCUT2D eigenvalue weighted by atomic mass is 9.73. The molecule has 0 radical (unpaired) electrons. The second-order valence-electron chi connectivity index (χ2n) is 6.18. The van der Waals surface area contributed by atoms with Gasteiger partial charge < -0.3 is 10.6 Å². The van der Waals surface area contributed by atoms with Crippen LogP contribution in [0.4, 0.5) is 0 Å². The number of piperidine rings is 1. The Labute approximate surface area is 123 Å². The van der Waals surface area contributed by atoms with Crippen LogP contribution in [0.15, 0.2) is 18.6 Å². The molecule has 2 heterocycles. The number of nitrogens with zero attached hydrogens (tertiary/aromatic N) is 3. The van der Waals surface area contributed by atoms with Gasteiger partial charge >= 0.3 is 0 Å². The number of nitrogens with two attached hydrogens (primary N) is 1. The molecule has 6 heteroatoms. The summed E-state index contributed by atoms with van der Waals surface area (Å²) in [5.74, 6) is 0.354. The lowest BCUT2D eigenvalue weighted by molar-refractivity contribution is -0.131. The first-order chi connectivity index (χ1) is 10.1. The molecule has 2 amide bonds. The van der Waals surface area contributed by atoms with Crippen LogP contribution in [0.2, 0.25) is 0 Å². The number of amides is 2. The van der Waals surface area contributed by atoms with Gasteiger partial charge in [-0.2, -0.15) is 0 Å². The molecule has 3 rings (SSSR count). The van der Waals surface area contributed by atoms with E-state index in [0.717, 1.165) is 6.42 Å². The summed E-state index contributed by atoms with van der Waals surface area (Å²) in [6.45, 7) is 1.14. The quantitative estimate of drug-likeness (QED) is 0.894. The van der Waals surface area contributed by atoms with E-state index in [9.17, 15) is 9.59 Å². The number of carbonyl (C=O) groups excluding carboxylic acids is 2. The van der Waals surface area contributed by atoms with Crippen LogP contribution in [0, 0.1) is 11.3 Å². The smallest absolute Gasteiger partial charge is 0.272 e. The first kappa shape index (κ1) is 14.0. The first-order valence-corrected chi connectivity index (χ1v) is 7.46. The summed E-state index contributed by atoms with van der Waals surface area (Å²) in [6.07, 6.45) is 7.56. The van der Waals surface area contributed by atoms with E-state index in [1.165, 1.54) is 19.2 Å². The molecule has 1 aromatic heterocycles. The highest BCUT2D eigenvalue weighted by atomic mass is 16.2. The monoisotopic (exact) mass is 288 g/mol. The molecule has 1 saturated carbocycles. The number of hydrogen-bond donors (Lipinski definition) is 1. The van der Waals surface area contributed by atoms with Crippen LogP contribution in [-0.4, -0.2) is 39.8 Å². The van der Waals surface area contributed by atoms with Gasteiger partial charge in [0, 0.05) is 19.3 Å². The lowest BCUT2D eigenvalue weighted by Crippen LogP contribution is -2.49. The molecular formula is C15H20N4O2. The number of likely N-dealkylation sites (tertiary alicyclic amines) is 1. The van der Waals surface area contributed by atoms with Crippen molar-refractivity contribution in [3.8, 4) is 0 Å². The zero-order valence-corrected chi connectivity index (χ0v) is 12.0. The van der Waals surface area contributed by atoms with Crippen LogP contribution >= 0.6 is 0 Å². The fourth-order valence-electron chi connectivity index (χ4n) is 3.14. The van der Waals surface area contributed by atoms with Crippen LogP contribution in [0.25, 0.3) is 0 Å². The Balaban J connectivity index is 1.66. The molecule has 0 unspecified atom stereocenters. The zero-order chi connectivity index (χ0) is 14.9. The van der Waals surface area contributed by atoms with E-state index < -0.39 is 5.41 Å². The molecule has 1 saturated heterocycles. The van der Waals surface area contributed by atoms with E-state index in [-0.39, 0.29) is 11.8 Å². The first-order valence-electron chi connectivity index (χ1n) is 7.46. The summed E-state index contributed by atoms with van der Waals surface area (Å²) < 4.78 is 0. The van der Waals surface area contributed by atoms with E-state index >= 15 is 0 Å². The molecule has 1 aliphatic heterocycles. The van der Waals surface area contributed by atoms with E-state index in [2.05, 4.69) is 9.97 Å². The fourth-order valence-corrected chi connectivity index (χ4v) is 3.14. The summed E-state index contributed by atoms with van der Waals surface area (Å²) in [6, 6.07) is 1.61. The van der Waals surface area contributed by atoms with Gasteiger partial charge in [0.05, 0.1) is 5.41 Å². The van der Waals surface area contributed by atoms with Crippen LogP contribution in [0.3, 0.4) is 0 Å². The molecule has 1 aliphatic carbocycles. The SMILES string of the molecule is NC(=O)C1(CC2CC2)CCN(C(=O)c2ccncn2)CC1. The van der Waals surface area contributed by atoms with E-state index in [4.69, 9.17) is 5.73 Å². The van der Waals surface area contributed by atoms with Crippen molar-refractivity contribution in [2.24, 2.45) is 17.1 Å². The molecule has 2 aliphatic rings. The van der Waals surface area contributed by atoms with E-state index in [1.807, 2.05) is 0 Å². The van der Waals surface area contributed by atoms with Crippen LogP contribution in [-0.2, 0) is 4.79 Å². The van der Waals surface area contributed by atoms with Crippen molar-refractivity contribution < 1.29 is 9.59 Å². The summed E-state index contributed by atoms with van der Waals surface area (Å²) in [5.41, 5.74) is 5.64. The van der Waals surface area contributed by atoms with Gasteiger partial charge in [-0.05, 0) is 31.2 Å². The highest BCUT2D eigenvalue weighted by molar-refractivity contribution is 5.92. The Morgan fingerprint density at radius 2 is 2.05 bits per heavy atom. The third kappa shape index (κ3) is 2.89. The topological polar surface area (TPSA) is 89.2 Å². The van der Waals surface area contributed by atoms with Crippen LogP contribution in [0.1, 0.15) is 42.6 Å². The van der Waals surface area contributed by atoms with Crippen molar-refractivity contribution >= 4 is 11.8 Å². The third-order valence-electron chi connectivity index (χ3n) is 4.71. The Morgan fingerprint density at radius 3 is 2.57 bits per heavy atom. The van der Waals surface area contributed by atoms with Crippen molar-refractivity contribution in [2.75, 3.05) is 13.1 Å². The Hall–Kier alpha value is -1.98. The molecule has 21 heavy (non-hydrogen) atoms. The molecular weight excluding hydrogens is 268 g/mol. The van der Waals surface area contributed by atoms with Gasteiger partial charge in [-0.3, -0.25) is 9.59 Å². The van der Waals surface area contributed by atoms with Crippen molar-refractivity contribution in [2.45, 2.75) is 32.1 Å². The molecule has 0 spiro atoms. The molecule has 112 valence electrons. The molecule has 0 aromatic carbocycles. The van der Waals surface area contributed by atoms with Crippen molar-refractivity contribution in [1.82, 2.24) is 14.9 Å². The number of carbonyl (C=O) groups is 2. The normalized spacial score (nSPS) is 21.0. The minimum Gasteiger partial charge on any atom is -0.369 e. The standard InChI is InChI=1S/C15H20N4O2/c16-14(21)15(9-11-1-2-11)4-7-19(8-5-15)13(20)12-3-6-17-10-18-12/h3,6,10-11H,1-2,4-5,7-9H2,(H2,16,21). The van der Waals surface area contributed by atoms with Crippen molar-refractivity contribution in [3.63, 3.8) is 0 Å². The highest BCUT2D eigenvalue weighted by Gasteiger charge is 2.44. The van der Waals surface area contributed by atoms with Gasteiger partial charge in [0.15, 0.2) is 0 Å². The largest absolute Gasteiger partial charge is 0.369 e. The minimum absolute atomic E-state index is 0.0955. The Kier molecular flexibility index (Phi) is 3.61. The summed E-state index contributed by atoms with van der Waals surface area (Å²) in [4.78, 5) is 33.8. The number of hydrogen-bond acceptors (Lipinski definition) is 4. The van der Waals surface area contributed by atoms with Gasteiger partial charge in [0.2, 0.25) is 5.91 Å². The molecule has 1 aromatic rings. The van der Waals surface area contributed by atoms with Crippen molar-refractivity contribution in [3.05, 3.63) is 24.3 Å². The lowest BCUT2D eigenvalue weighted by Gasteiger charge is -2.39. The summed E-state index contributed by atoms with van der Waals surface area (Å²) >= 11 is 0. The fraction of sp³-hybridized carbons (Fsp3) is 0.600. The molecule has 2 N–H and O–H groups in total. The van der Waals surface area contributed by atoms with Gasteiger partial charge in [-0.1, -0.05) is 12.8 Å². The van der Waals surface area contributed by atoms with Crippen LogP contribution in [0.5, 0.6) is 0 Å². The number of primary amides is 1.